The third-order valence-electron chi connectivity index (χ3n) is 2.88. The van der Waals surface area contributed by atoms with Gasteiger partial charge in [-0.2, -0.15) is 13.2 Å². The van der Waals surface area contributed by atoms with E-state index in [1.165, 1.54) is 0 Å². The largest absolute Gasteiger partial charge is 0.416 e. The van der Waals surface area contributed by atoms with E-state index in [9.17, 15) is 17.6 Å². The Hall–Kier alpha value is -1.14. The summed E-state index contributed by atoms with van der Waals surface area (Å²) in [5, 5.41) is 0. The first-order valence-corrected chi connectivity index (χ1v) is 5.07. The van der Waals surface area contributed by atoms with Crippen LogP contribution in [0.1, 0.15) is 17.5 Å². The van der Waals surface area contributed by atoms with Crippen molar-refractivity contribution in [2.24, 2.45) is 5.73 Å². The summed E-state index contributed by atoms with van der Waals surface area (Å²) in [6.07, 6.45) is -4.15. The molecule has 1 unspecified atom stereocenters. The predicted molar refractivity (Wildman–Crippen MR) is 52.7 cm³/mol. The Labute approximate surface area is 95.4 Å². The van der Waals surface area contributed by atoms with E-state index in [0.717, 1.165) is 12.1 Å². The first kappa shape index (κ1) is 12.3. The van der Waals surface area contributed by atoms with E-state index in [1.807, 2.05) is 0 Å². The standard InChI is InChI=1S/C11H11F4NO/c12-9-5-7(11(13,14)15)1-2-8(9)10(16)3-4-17-6-10/h1-2,5H,3-4,6,16H2. The molecule has 1 fully saturated rings. The molecule has 6 heteroatoms. The minimum Gasteiger partial charge on any atom is -0.379 e. The monoisotopic (exact) mass is 249 g/mol. The molecule has 0 radical (unpaired) electrons. The second-order valence-corrected chi connectivity index (χ2v) is 4.15. The summed E-state index contributed by atoms with van der Waals surface area (Å²) in [5.74, 6) is -0.937. The first-order valence-electron chi connectivity index (χ1n) is 5.07. The Balaban J connectivity index is 2.38. The minimum absolute atomic E-state index is 0.0722. The summed E-state index contributed by atoms with van der Waals surface area (Å²) >= 11 is 0. The molecular weight excluding hydrogens is 238 g/mol. The highest BCUT2D eigenvalue weighted by Gasteiger charge is 2.37. The molecule has 17 heavy (non-hydrogen) atoms. The van der Waals surface area contributed by atoms with E-state index in [0.29, 0.717) is 19.1 Å². The number of rotatable bonds is 1. The maximum Gasteiger partial charge on any atom is 0.416 e. The van der Waals surface area contributed by atoms with E-state index in [1.54, 1.807) is 0 Å². The maximum absolute atomic E-state index is 13.6. The molecular formula is C11H11F4NO. The molecule has 1 saturated heterocycles. The summed E-state index contributed by atoms with van der Waals surface area (Å²) in [6, 6.07) is 2.40. The Bertz CT molecular complexity index is 424. The SMILES string of the molecule is NC1(c2ccc(C(F)(F)F)cc2F)CCOC1. The summed E-state index contributed by atoms with van der Waals surface area (Å²) < 4.78 is 55.7. The molecule has 1 heterocycles. The maximum atomic E-state index is 13.6. The molecule has 2 N–H and O–H groups in total. The molecule has 2 rings (SSSR count). The van der Waals surface area contributed by atoms with Gasteiger partial charge in [-0.3, -0.25) is 0 Å². The topological polar surface area (TPSA) is 35.2 Å². The van der Waals surface area contributed by atoms with Gasteiger partial charge in [-0.1, -0.05) is 6.07 Å². The van der Waals surface area contributed by atoms with Crippen LogP contribution < -0.4 is 5.73 Å². The Kier molecular flexibility index (Phi) is 2.87. The third-order valence-corrected chi connectivity index (χ3v) is 2.88. The fraction of sp³-hybridized carbons (Fsp3) is 0.455. The molecule has 1 aliphatic heterocycles. The van der Waals surface area contributed by atoms with Crippen molar-refractivity contribution >= 4 is 0 Å². The molecule has 0 aliphatic carbocycles. The number of alkyl halides is 3. The zero-order valence-electron chi connectivity index (χ0n) is 8.85. The quantitative estimate of drug-likeness (QED) is 0.776. The van der Waals surface area contributed by atoms with Gasteiger partial charge in [0.25, 0.3) is 0 Å². The average Bonchev–Trinajstić information content (AvgIpc) is 2.64. The van der Waals surface area contributed by atoms with Crippen LogP contribution in [0.2, 0.25) is 0 Å². The molecule has 1 aliphatic rings. The van der Waals surface area contributed by atoms with Crippen LogP contribution >= 0.6 is 0 Å². The van der Waals surface area contributed by atoms with Crippen LogP contribution in [0.25, 0.3) is 0 Å². The predicted octanol–water partition coefficient (Wildman–Crippen LogP) is 2.42. The average molecular weight is 249 g/mol. The third kappa shape index (κ3) is 2.28. The van der Waals surface area contributed by atoms with Gasteiger partial charge in [-0.25, -0.2) is 4.39 Å². The number of halogens is 4. The summed E-state index contributed by atoms with van der Waals surface area (Å²) in [4.78, 5) is 0. The zero-order valence-corrected chi connectivity index (χ0v) is 8.85. The Morgan fingerprint density at radius 3 is 2.47 bits per heavy atom. The van der Waals surface area contributed by atoms with Crippen molar-refractivity contribution in [3.63, 3.8) is 0 Å². The molecule has 0 bridgehead atoms. The molecule has 1 atom stereocenters. The molecule has 0 aromatic heterocycles. The highest BCUT2D eigenvalue weighted by molar-refractivity contribution is 5.32. The highest BCUT2D eigenvalue weighted by Crippen LogP contribution is 2.34. The van der Waals surface area contributed by atoms with Gasteiger partial charge < -0.3 is 10.5 Å². The van der Waals surface area contributed by atoms with Gasteiger partial charge >= 0.3 is 6.18 Å². The number of hydrogen-bond acceptors (Lipinski definition) is 2. The minimum atomic E-state index is -4.55. The number of ether oxygens (including phenoxy) is 1. The van der Waals surface area contributed by atoms with Gasteiger partial charge in [0.15, 0.2) is 0 Å². The van der Waals surface area contributed by atoms with Crippen molar-refractivity contribution in [3.05, 3.63) is 35.1 Å². The van der Waals surface area contributed by atoms with Crippen molar-refractivity contribution in [3.8, 4) is 0 Å². The second kappa shape index (κ2) is 3.96. The van der Waals surface area contributed by atoms with Crippen molar-refractivity contribution in [1.82, 2.24) is 0 Å². The van der Waals surface area contributed by atoms with Gasteiger partial charge in [-0.15, -0.1) is 0 Å². The lowest BCUT2D eigenvalue weighted by Crippen LogP contribution is -2.38. The molecule has 0 saturated carbocycles. The zero-order chi connectivity index (χ0) is 12.7. The van der Waals surface area contributed by atoms with Gasteiger partial charge in [0.05, 0.1) is 17.7 Å². The second-order valence-electron chi connectivity index (χ2n) is 4.15. The molecule has 1 aromatic rings. The summed E-state index contributed by atoms with van der Waals surface area (Å²) in [5.41, 5.74) is 3.93. The van der Waals surface area contributed by atoms with Gasteiger partial charge in [-0.05, 0) is 18.6 Å². The van der Waals surface area contributed by atoms with E-state index in [4.69, 9.17) is 10.5 Å². The van der Waals surface area contributed by atoms with Crippen molar-refractivity contribution in [2.75, 3.05) is 13.2 Å². The number of nitrogens with two attached hydrogens (primary N) is 1. The lowest BCUT2D eigenvalue weighted by molar-refractivity contribution is -0.137. The first-order chi connectivity index (χ1) is 7.83. The van der Waals surface area contributed by atoms with Crippen LogP contribution in [0.4, 0.5) is 17.6 Å². The van der Waals surface area contributed by atoms with Crippen molar-refractivity contribution in [2.45, 2.75) is 18.1 Å². The highest BCUT2D eigenvalue weighted by atomic mass is 19.4. The molecule has 2 nitrogen and oxygen atoms in total. The number of hydrogen-bond donors (Lipinski definition) is 1. The lowest BCUT2D eigenvalue weighted by Gasteiger charge is -2.23. The fourth-order valence-electron chi connectivity index (χ4n) is 1.89. The van der Waals surface area contributed by atoms with Crippen molar-refractivity contribution in [1.29, 1.82) is 0 Å². The molecule has 0 spiro atoms. The van der Waals surface area contributed by atoms with Crippen LogP contribution in [0.5, 0.6) is 0 Å². The van der Waals surface area contributed by atoms with Crippen LogP contribution in [0.15, 0.2) is 18.2 Å². The molecule has 0 amide bonds. The smallest absolute Gasteiger partial charge is 0.379 e. The normalized spacial score (nSPS) is 25.2. The Morgan fingerprint density at radius 2 is 2.00 bits per heavy atom. The van der Waals surface area contributed by atoms with Gasteiger partial charge in [0.2, 0.25) is 0 Å². The van der Waals surface area contributed by atoms with E-state index >= 15 is 0 Å². The van der Waals surface area contributed by atoms with Crippen LogP contribution in [0.3, 0.4) is 0 Å². The van der Waals surface area contributed by atoms with E-state index < -0.39 is 23.1 Å². The summed E-state index contributed by atoms with van der Waals surface area (Å²) in [6.45, 7) is 0.506. The van der Waals surface area contributed by atoms with Crippen LogP contribution in [0, 0.1) is 5.82 Å². The van der Waals surface area contributed by atoms with Crippen LogP contribution in [-0.2, 0) is 16.5 Å². The fourth-order valence-corrected chi connectivity index (χ4v) is 1.89. The van der Waals surface area contributed by atoms with Gasteiger partial charge in [0.1, 0.15) is 5.82 Å². The van der Waals surface area contributed by atoms with Gasteiger partial charge in [0, 0.05) is 12.2 Å². The van der Waals surface area contributed by atoms with Crippen LogP contribution in [-0.4, -0.2) is 13.2 Å². The summed E-state index contributed by atoms with van der Waals surface area (Å²) in [7, 11) is 0. The van der Waals surface area contributed by atoms with Crippen molar-refractivity contribution < 1.29 is 22.3 Å². The molecule has 1 aromatic carbocycles. The Morgan fingerprint density at radius 1 is 1.29 bits per heavy atom. The number of benzene rings is 1. The van der Waals surface area contributed by atoms with E-state index in [-0.39, 0.29) is 12.2 Å². The molecule has 94 valence electrons. The lowest BCUT2D eigenvalue weighted by atomic mass is 9.89. The van der Waals surface area contributed by atoms with E-state index in [2.05, 4.69) is 0 Å².